The summed E-state index contributed by atoms with van der Waals surface area (Å²) in [4.78, 5) is 20.5. The molecule has 3 heterocycles. The third kappa shape index (κ3) is 4.22. The van der Waals surface area contributed by atoms with Crippen LogP contribution in [0, 0.1) is 0 Å². The minimum atomic E-state index is -2.77. The topological polar surface area (TPSA) is 90.8 Å². The molecular weight excluding hydrogens is 430 g/mol. The van der Waals surface area contributed by atoms with Gasteiger partial charge in [-0.1, -0.05) is 29.4 Å². The first-order valence-corrected chi connectivity index (χ1v) is 10.1. The molecule has 0 radical (unpaired) electrons. The van der Waals surface area contributed by atoms with Gasteiger partial charge in [-0.15, -0.1) is 0 Å². The minimum Gasteiger partial charge on any atom is -0.344 e. The molecule has 33 heavy (non-hydrogen) atoms. The molecule has 1 N–H and O–H groups in total. The number of hydrogen-bond donors (Lipinski definition) is 1. The molecule has 0 saturated carbocycles. The van der Waals surface area contributed by atoms with E-state index < -0.39 is 18.2 Å². The Labute approximate surface area is 186 Å². The molecule has 10 heteroatoms. The maximum atomic E-state index is 13.5. The minimum absolute atomic E-state index is 0.0984. The summed E-state index contributed by atoms with van der Waals surface area (Å²) in [5.41, 5.74) is 2.86. The van der Waals surface area contributed by atoms with E-state index in [9.17, 15) is 13.6 Å². The number of benzene rings is 2. The number of halogens is 2. The van der Waals surface area contributed by atoms with Crippen molar-refractivity contribution in [2.45, 2.75) is 19.5 Å². The summed E-state index contributed by atoms with van der Waals surface area (Å²) >= 11 is 0. The summed E-state index contributed by atoms with van der Waals surface area (Å²) in [5.74, 6) is -1.08. The van der Waals surface area contributed by atoms with Crippen molar-refractivity contribution < 1.29 is 18.1 Å². The molecule has 0 saturated heterocycles. The van der Waals surface area contributed by atoms with Crippen molar-refractivity contribution in [3.8, 4) is 5.69 Å². The number of aromatic nitrogens is 5. The molecule has 8 nitrogen and oxygen atoms in total. The number of carbonyl (C=O) groups excluding carboxylic acids is 1. The van der Waals surface area contributed by atoms with Crippen LogP contribution in [0.25, 0.3) is 16.7 Å². The van der Waals surface area contributed by atoms with Crippen molar-refractivity contribution in [3.05, 3.63) is 96.2 Å². The fourth-order valence-corrected chi connectivity index (χ4v) is 3.53. The molecular formula is C23H18F2N6O2. The Hall–Kier alpha value is -4.34. The van der Waals surface area contributed by atoms with Gasteiger partial charge >= 0.3 is 11.8 Å². The lowest BCUT2D eigenvalue weighted by Crippen LogP contribution is -2.23. The molecule has 5 aromatic rings. The SMILES string of the molecule is O=C(NCc1ccc(-n2cccc2)cc1)c1nc(Cn2c(C(F)F)nc3ccccc32)no1. The fourth-order valence-electron chi connectivity index (χ4n) is 3.53. The largest absolute Gasteiger partial charge is 0.344 e. The van der Waals surface area contributed by atoms with Gasteiger partial charge in [-0.3, -0.25) is 4.79 Å². The Bertz CT molecular complexity index is 1390. The number of para-hydroxylation sites is 2. The van der Waals surface area contributed by atoms with Gasteiger partial charge in [0.2, 0.25) is 0 Å². The number of imidazole rings is 1. The summed E-state index contributed by atoms with van der Waals surface area (Å²) in [5, 5.41) is 6.49. The van der Waals surface area contributed by atoms with Gasteiger partial charge in [0.25, 0.3) is 6.43 Å². The molecule has 166 valence electrons. The average molecular weight is 448 g/mol. The van der Waals surface area contributed by atoms with E-state index in [4.69, 9.17) is 4.52 Å². The summed E-state index contributed by atoms with van der Waals surface area (Å²) in [6, 6.07) is 18.4. The lowest BCUT2D eigenvalue weighted by Gasteiger charge is -2.06. The Balaban J connectivity index is 1.26. The smallest absolute Gasteiger partial charge is 0.316 e. The number of alkyl halides is 2. The average Bonchev–Trinajstić information content (AvgIpc) is 3.59. The lowest BCUT2D eigenvalue weighted by atomic mass is 10.2. The van der Waals surface area contributed by atoms with E-state index in [-0.39, 0.29) is 24.8 Å². The number of fused-ring (bicyclic) bond motifs is 1. The second kappa shape index (κ2) is 8.65. The van der Waals surface area contributed by atoms with E-state index in [0.29, 0.717) is 11.0 Å². The third-order valence-corrected chi connectivity index (χ3v) is 5.13. The maximum absolute atomic E-state index is 13.5. The first-order valence-electron chi connectivity index (χ1n) is 10.1. The van der Waals surface area contributed by atoms with Crippen molar-refractivity contribution in [1.82, 2.24) is 29.6 Å². The van der Waals surface area contributed by atoms with E-state index in [2.05, 4.69) is 20.4 Å². The number of carbonyl (C=O) groups is 1. The highest BCUT2D eigenvalue weighted by atomic mass is 19.3. The monoisotopic (exact) mass is 448 g/mol. The molecule has 0 aliphatic carbocycles. The van der Waals surface area contributed by atoms with Gasteiger partial charge in [-0.2, -0.15) is 4.98 Å². The molecule has 0 fully saturated rings. The maximum Gasteiger partial charge on any atom is 0.316 e. The molecule has 0 unspecified atom stereocenters. The van der Waals surface area contributed by atoms with Gasteiger partial charge in [0, 0.05) is 24.6 Å². The van der Waals surface area contributed by atoms with Crippen LogP contribution in [0.4, 0.5) is 8.78 Å². The Morgan fingerprint density at radius 3 is 2.52 bits per heavy atom. The summed E-state index contributed by atoms with van der Waals surface area (Å²) in [6.07, 6.45) is 1.12. The first kappa shape index (κ1) is 20.6. The number of rotatable bonds is 7. The summed E-state index contributed by atoms with van der Waals surface area (Å²) in [7, 11) is 0. The van der Waals surface area contributed by atoms with Crippen LogP contribution in [0.5, 0.6) is 0 Å². The highest BCUT2D eigenvalue weighted by Crippen LogP contribution is 2.24. The Morgan fingerprint density at radius 1 is 1.00 bits per heavy atom. The molecule has 2 aromatic carbocycles. The zero-order chi connectivity index (χ0) is 22.8. The van der Waals surface area contributed by atoms with Crippen molar-refractivity contribution in [3.63, 3.8) is 0 Å². The Morgan fingerprint density at radius 2 is 1.76 bits per heavy atom. The molecule has 3 aromatic heterocycles. The summed E-state index contributed by atoms with van der Waals surface area (Å²) in [6.45, 7) is 0.169. The Kier molecular flexibility index (Phi) is 5.39. The van der Waals surface area contributed by atoms with E-state index >= 15 is 0 Å². The van der Waals surface area contributed by atoms with Gasteiger partial charge in [-0.05, 0) is 42.0 Å². The predicted octanol–water partition coefficient (Wildman–Crippen LogP) is 4.13. The molecule has 0 aliphatic heterocycles. The van der Waals surface area contributed by atoms with Crippen molar-refractivity contribution in [2.24, 2.45) is 0 Å². The van der Waals surface area contributed by atoms with Gasteiger partial charge in [0.15, 0.2) is 11.6 Å². The van der Waals surface area contributed by atoms with Crippen LogP contribution in [0.2, 0.25) is 0 Å². The van der Waals surface area contributed by atoms with Gasteiger partial charge in [-0.25, -0.2) is 13.8 Å². The molecule has 0 atom stereocenters. The second-order valence-electron chi connectivity index (χ2n) is 7.30. The van der Waals surface area contributed by atoms with Crippen molar-refractivity contribution in [1.29, 1.82) is 0 Å². The van der Waals surface area contributed by atoms with Crippen LogP contribution < -0.4 is 5.32 Å². The zero-order valence-corrected chi connectivity index (χ0v) is 17.2. The quantitative estimate of drug-likeness (QED) is 0.404. The van der Waals surface area contributed by atoms with E-state index in [0.717, 1.165) is 11.3 Å². The predicted molar refractivity (Wildman–Crippen MR) is 115 cm³/mol. The van der Waals surface area contributed by atoms with Crippen LogP contribution in [-0.2, 0) is 13.1 Å². The van der Waals surface area contributed by atoms with Gasteiger partial charge in [0.1, 0.15) is 0 Å². The molecule has 5 rings (SSSR count). The van der Waals surface area contributed by atoms with E-state index in [1.54, 1.807) is 24.3 Å². The van der Waals surface area contributed by atoms with Crippen molar-refractivity contribution >= 4 is 16.9 Å². The lowest BCUT2D eigenvalue weighted by molar-refractivity contribution is 0.0907. The second-order valence-corrected chi connectivity index (χ2v) is 7.30. The normalized spacial score (nSPS) is 11.4. The molecule has 1 amide bonds. The molecule has 0 bridgehead atoms. The van der Waals surface area contributed by atoms with E-state index in [1.165, 1.54) is 4.57 Å². The fraction of sp³-hybridized carbons (Fsp3) is 0.130. The standard InChI is InChI=1S/C23H18F2N6O2/c24-20(25)21-27-17-5-1-2-6-18(17)31(21)14-19-28-23(33-29-19)22(32)26-13-15-7-9-16(10-8-15)30-11-3-4-12-30/h1-12,20H,13-14H2,(H,26,32). The third-order valence-electron chi connectivity index (χ3n) is 5.13. The van der Waals surface area contributed by atoms with Crippen molar-refractivity contribution in [2.75, 3.05) is 0 Å². The number of nitrogens with one attached hydrogen (secondary N) is 1. The number of amides is 1. The highest BCUT2D eigenvalue weighted by molar-refractivity contribution is 5.89. The summed E-state index contributed by atoms with van der Waals surface area (Å²) < 4.78 is 35.3. The zero-order valence-electron chi connectivity index (χ0n) is 17.2. The first-order chi connectivity index (χ1) is 16.1. The van der Waals surface area contributed by atoms with E-state index in [1.807, 2.05) is 53.4 Å². The molecule has 0 spiro atoms. The highest BCUT2D eigenvalue weighted by Gasteiger charge is 2.21. The van der Waals surface area contributed by atoms with Crippen LogP contribution >= 0.6 is 0 Å². The van der Waals surface area contributed by atoms with Gasteiger partial charge < -0.3 is 19.0 Å². The van der Waals surface area contributed by atoms with Crippen LogP contribution in [0.15, 0.2) is 77.6 Å². The van der Waals surface area contributed by atoms with Gasteiger partial charge in [0.05, 0.1) is 17.6 Å². The van der Waals surface area contributed by atoms with Crippen LogP contribution in [0.3, 0.4) is 0 Å². The molecule has 0 aliphatic rings. The van der Waals surface area contributed by atoms with Crippen LogP contribution in [-0.4, -0.2) is 30.2 Å². The number of nitrogens with zero attached hydrogens (tertiary/aromatic N) is 5. The van der Waals surface area contributed by atoms with Crippen LogP contribution in [0.1, 0.15) is 34.3 Å². The number of hydrogen-bond acceptors (Lipinski definition) is 5.